The van der Waals surface area contributed by atoms with Gasteiger partial charge in [0.1, 0.15) is 0 Å². The summed E-state index contributed by atoms with van der Waals surface area (Å²) in [5.41, 5.74) is 1.56. The summed E-state index contributed by atoms with van der Waals surface area (Å²) < 4.78 is 0. The molecule has 0 saturated carbocycles. The first-order valence-electron chi connectivity index (χ1n) is 7.41. The highest BCUT2D eigenvalue weighted by Crippen LogP contribution is 2.09. The number of hydrogen-bond donors (Lipinski definition) is 2. The summed E-state index contributed by atoms with van der Waals surface area (Å²) in [5, 5.41) is 6.31. The molecule has 4 nitrogen and oxygen atoms in total. The lowest BCUT2D eigenvalue weighted by Gasteiger charge is -2.14. The third-order valence-electron chi connectivity index (χ3n) is 3.31. The summed E-state index contributed by atoms with van der Waals surface area (Å²) in [6.07, 6.45) is 0.228. The first-order chi connectivity index (χ1) is 11.0. The lowest BCUT2D eigenvalue weighted by molar-refractivity contribution is -0.121. The molecule has 0 radical (unpaired) electrons. The van der Waals surface area contributed by atoms with Crippen molar-refractivity contribution in [1.29, 1.82) is 0 Å². The van der Waals surface area contributed by atoms with Gasteiger partial charge in [0.05, 0.1) is 0 Å². The van der Waals surface area contributed by atoms with Crippen LogP contribution < -0.4 is 10.6 Å². The van der Waals surface area contributed by atoms with Gasteiger partial charge >= 0.3 is 0 Å². The molecule has 2 aromatic carbocycles. The van der Waals surface area contributed by atoms with Crippen LogP contribution >= 0.6 is 11.6 Å². The van der Waals surface area contributed by atoms with Gasteiger partial charge in [-0.2, -0.15) is 0 Å². The van der Waals surface area contributed by atoms with Crippen LogP contribution in [0.2, 0.25) is 5.02 Å². The van der Waals surface area contributed by atoms with E-state index < -0.39 is 0 Å². The second-order valence-electron chi connectivity index (χ2n) is 5.35. The van der Waals surface area contributed by atoms with Crippen molar-refractivity contribution in [3.05, 3.63) is 70.7 Å². The highest BCUT2D eigenvalue weighted by molar-refractivity contribution is 6.30. The normalized spacial score (nSPS) is 11.6. The second kappa shape index (κ2) is 8.34. The molecular weight excluding hydrogens is 312 g/mol. The maximum absolute atomic E-state index is 12.0. The minimum absolute atomic E-state index is 0.110. The topological polar surface area (TPSA) is 58.2 Å². The SMILES string of the molecule is CC(CC(=O)NCc1ccc(Cl)cc1)NC(=O)c1ccccc1. The van der Waals surface area contributed by atoms with Crippen LogP contribution in [0, 0.1) is 0 Å². The summed E-state index contributed by atoms with van der Waals surface area (Å²) in [5.74, 6) is -0.288. The Labute approximate surface area is 140 Å². The first kappa shape index (κ1) is 17.0. The maximum atomic E-state index is 12.0. The van der Waals surface area contributed by atoms with E-state index in [-0.39, 0.29) is 24.3 Å². The van der Waals surface area contributed by atoms with Gasteiger partial charge in [-0.05, 0) is 36.8 Å². The molecule has 120 valence electrons. The maximum Gasteiger partial charge on any atom is 0.251 e. The van der Waals surface area contributed by atoms with E-state index >= 15 is 0 Å². The van der Waals surface area contributed by atoms with Crippen molar-refractivity contribution in [2.45, 2.75) is 25.9 Å². The fraction of sp³-hybridized carbons (Fsp3) is 0.222. The lowest BCUT2D eigenvalue weighted by Crippen LogP contribution is -2.37. The predicted molar refractivity (Wildman–Crippen MR) is 91.3 cm³/mol. The van der Waals surface area contributed by atoms with E-state index in [1.165, 1.54) is 0 Å². The molecule has 2 aromatic rings. The molecule has 0 bridgehead atoms. The van der Waals surface area contributed by atoms with Gasteiger partial charge in [0, 0.05) is 29.6 Å². The number of halogens is 1. The average molecular weight is 331 g/mol. The van der Waals surface area contributed by atoms with Crippen molar-refractivity contribution in [2.24, 2.45) is 0 Å². The van der Waals surface area contributed by atoms with Crippen LogP contribution in [0.4, 0.5) is 0 Å². The van der Waals surface area contributed by atoms with E-state index in [0.717, 1.165) is 5.56 Å². The molecule has 2 rings (SSSR count). The molecule has 0 aliphatic rings. The van der Waals surface area contributed by atoms with Crippen molar-refractivity contribution in [1.82, 2.24) is 10.6 Å². The van der Waals surface area contributed by atoms with Crippen LogP contribution in [0.1, 0.15) is 29.3 Å². The molecule has 2 amide bonds. The van der Waals surface area contributed by atoms with Gasteiger partial charge in [0.15, 0.2) is 0 Å². The van der Waals surface area contributed by atoms with Crippen molar-refractivity contribution >= 4 is 23.4 Å². The molecule has 0 aliphatic heterocycles. The monoisotopic (exact) mass is 330 g/mol. The summed E-state index contributed by atoms with van der Waals surface area (Å²) in [7, 11) is 0. The molecule has 1 unspecified atom stereocenters. The zero-order chi connectivity index (χ0) is 16.7. The van der Waals surface area contributed by atoms with Crippen LogP contribution in [0.25, 0.3) is 0 Å². The van der Waals surface area contributed by atoms with Gasteiger partial charge in [-0.3, -0.25) is 9.59 Å². The van der Waals surface area contributed by atoms with E-state index in [0.29, 0.717) is 17.1 Å². The van der Waals surface area contributed by atoms with Crippen LogP contribution in [0.5, 0.6) is 0 Å². The van der Waals surface area contributed by atoms with Crippen molar-refractivity contribution in [2.75, 3.05) is 0 Å². The fourth-order valence-corrected chi connectivity index (χ4v) is 2.23. The third kappa shape index (κ3) is 5.75. The van der Waals surface area contributed by atoms with E-state index in [9.17, 15) is 9.59 Å². The molecule has 0 aliphatic carbocycles. The molecule has 5 heteroatoms. The molecular formula is C18H19ClN2O2. The molecule has 1 atom stereocenters. The summed E-state index contributed by atoms with van der Waals surface area (Å²) >= 11 is 5.81. The molecule has 0 saturated heterocycles. The molecule has 0 fully saturated rings. The Morgan fingerprint density at radius 3 is 2.35 bits per heavy atom. The van der Waals surface area contributed by atoms with Gasteiger partial charge < -0.3 is 10.6 Å². The molecule has 0 spiro atoms. The highest BCUT2D eigenvalue weighted by Gasteiger charge is 2.12. The minimum atomic E-state index is -0.243. The zero-order valence-electron chi connectivity index (χ0n) is 12.9. The standard InChI is InChI=1S/C18H19ClN2O2/c1-13(21-18(23)15-5-3-2-4-6-15)11-17(22)20-12-14-7-9-16(19)10-8-14/h2-10,13H,11-12H2,1H3,(H,20,22)(H,21,23). The Bertz CT molecular complexity index is 656. The largest absolute Gasteiger partial charge is 0.352 e. The molecule has 0 aromatic heterocycles. The highest BCUT2D eigenvalue weighted by atomic mass is 35.5. The fourth-order valence-electron chi connectivity index (χ4n) is 2.10. The Balaban J connectivity index is 1.76. The number of hydrogen-bond acceptors (Lipinski definition) is 2. The number of carbonyl (C=O) groups is 2. The van der Waals surface area contributed by atoms with Crippen LogP contribution in [0.15, 0.2) is 54.6 Å². The number of nitrogens with one attached hydrogen (secondary N) is 2. The summed E-state index contributed by atoms with van der Waals surface area (Å²) in [6, 6.07) is 16.0. The first-order valence-corrected chi connectivity index (χ1v) is 7.79. The van der Waals surface area contributed by atoms with Crippen LogP contribution in [0.3, 0.4) is 0 Å². The Morgan fingerprint density at radius 1 is 1.04 bits per heavy atom. The van der Waals surface area contributed by atoms with Gasteiger partial charge in [0.2, 0.25) is 5.91 Å². The van der Waals surface area contributed by atoms with Crippen molar-refractivity contribution in [3.63, 3.8) is 0 Å². The Hall–Kier alpha value is -2.33. The number of benzene rings is 2. The van der Waals surface area contributed by atoms with Crippen LogP contribution in [-0.4, -0.2) is 17.9 Å². The van der Waals surface area contributed by atoms with Gasteiger partial charge in [-0.25, -0.2) is 0 Å². The average Bonchev–Trinajstić information content (AvgIpc) is 2.55. The summed E-state index contributed by atoms with van der Waals surface area (Å²) in [6.45, 7) is 2.25. The summed E-state index contributed by atoms with van der Waals surface area (Å²) in [4.78, 5) is 23.9. The van der Waals surface area contributed by atoms with Gasteiger partial charge in [-0.15, -0.1) is 0 Å². The van der Waals surface area contributed by atoms with E-state index in [1.807, 2.05) is 25.1 Å². The number of carbonyl (C=O) groups excluding carboxylic acids is 2. The smallest absolute Gasteiger partial charge is 0.251 e. The molecule has 0 heterocycles. The van der Waals surface area contributed by atoms with Crippen LogP contribution in [-0.2, 0) is 11.3 Å². The quantitative estimate of drug-likeness (QED) is 0.854. The third-order valence-corrected chi connectivity index (χ3v) is 3.56. The number of amides is 2. The van der Waals surface area contributed by atoms with E-state index in [1.54, 1.807) is 36.4 Å². The Kier molecular flexibility index (Phi) is 6.18. The second-order valence-corrected chi connectivity index (χ2v) is 5.78. The molecule has 23 heavy (non-hydrogen) atoms. The number of rotatable bonds is 6. The van der Waals surface area contributed by atoms with Crippen molar-refractivity contribution < 1.29 is 9.59 Å². The minimum Gasteiger partial charge on any atom is -0.352 e. The lowest BCUT2D eigenvalue weighted by atomic mass is 10.1. The zero-order valence-corrected chi connectivity index (χ0v) is 13.6. The molecule has 2 N–H and O–H groups in total. The Morgan fingerprint density at radius 2 is 1.70 bits per heavy atom. The van der Waals surface area contributed by atoms with Gasteiger partial charge in [0.25, 0.3) is 5.91 Å². The van der Waals surface area contributed by atoms with Crippen molar-refractivity contribution in [3.8, 4) is 0 Å². The van der Waals surface area contributed by atoms with E-state index in [2.05, 4.69) is 10.6 Å². The predicted octanol–water partition coefficient (Wildman–Crippen LogP) is 3.16. The van der Waals surface area contributed by atoms with E-state index in [4.69, 9.17) is 11.6 Å². The van der Waals surface area contributed by atoms with Gasteiger partial charge in [-0.1, -0.05) is 41.9 Å².